The normalized spacial score (nSPS) is 15.7. The van der Waals surface area contributed by atoms with Gasteiger partial charge in [0.05, 0.1) is 24.9 Å². The highest BCUT2D eigenvalue weighted by Gasteiger charge is 2.30. The monoisotopic (exact) mass is 355 g/mol. The Hall–Kier alpha value is -2.64. The summed E-state index contributed by atoms with van der Waals surface area (Å²) < 4.78 is 42.4. The smallest absolute Gasteiger partial charge is 0.347 e. The van der Waals surface area contributed by atoms with Gasteiger partial charge in [-0.15, -0.1) is 0 Å². The lowest BCUT2D eigenvalue weighted by Crippen LogP contribution is -2.39. The molecule has 136 valence electrons. The van der Waals surface area contributed by atoms with E-state index in [0.29, 0.717) is 0 Å². The molecule has 1 aliphatic rings. The molecule has 1 aromatic rings. The van der Waals surface area contributed by atoms with Crippen LogP contribution in [0.1, 0.15) is 20.8 Å². The first kappa shape index (κ1) is 18.7. The second-order valence-electron chi connectivity index (χ2n) is 5.26. The molecule has 0 spiro atoms. The Morgan fingerprint density at radius 1 is 1.24 bits per heavy atom. The molecule has 0 saturated carbocycles. The summed E-state index contributed by atoms with van der Waals surface area (Å²) in [5, 5.41) is 0. The van der Waals surface area contributed by atoms with Crippen molar-refractivity contribution in [3.63, 3.8) is 0 Å². The lowest BCUT2D eigenvalue weighted by atomic mass is 10.1. The van der Waals surface area contributed by atoms with Gasteiger partial charge in [-0.2, -0.15) is 4.39 Å². The molecule has 0 aliphatic carbocycles. The molecule has 0 bridgehead atoms. The SMILES string of the molecule is CCOC(=O)C(=CN1c2ccc(F)c(F)c2OCC1C)C(=O)OCC. The van der Waals surface area contributed by atoms with E-state index in [2.05, 4.69) is 0 Å². The number of hydrogen-bond donors (Lipinski definition) is 0. The van der Waals surface area contributed by atoms with Crippen LogP contribution in [0.5, 0.6) is 5.75 Å². The number of nitrogens with zero attached hydrogens (tertiary/aromatic N) is 1. The van der Waals surface area contributed by atoms with E-state index in [1.54, 1.807) is 20.8 Å². The summed E-state index contributed by atoms with van der Waals surface area (Å²) in [5.74, 6) is -4.17. The van der Waals surface area contributed by atoms with Crippen LogP contribution in [0.25, 0.3) is 0 Å². The second-order valence-corrected chi connectivity index (χ2v) is 5.26. The maximum Gasteiger partial charge on any atom is 0.347 e. The van der Waals surface area contributed by atoms with E-state index < -0.39 is 23.6 Å². The maximum atomic E-state index is 13.9. The molecule has 0 aromatic heterocycles. The molecule has 1 atom stereocenters. The molecular formula is C17H19F2NO5. The fourth-order valence-corrected chi connectivity index (χ4v) is 2.33. The van der Waals surface area contributed by atoms with Gasteiger partial charge in [-0.25, -0.2) is 14.0 Å². The third kappa shape index (κ3) is 3.89. The zero-order chi connectivity index (χ0) is 18.6. The summed E-state index contributed by atoms with van der Waals surface area (Å²) in [5.41, 5.74) is -0.142. The topological polar surface area (TPSA) is 65.1 Å². The van der Waals surface area contributed by atoms with Gasteiger partial charge in [0.1, 0.15) is 6.61 Å². The van der Waals surface area contributed by atoms with Crippen LogP contribution in [-0.2, 0) is 19.1 Å². The molecular weight excluding hydrogens is 336 g/mol. The van der Waals surface area contributed by atoms with E-state index in [4.69, 9.17) is 14.2 Å². The summed E-state index contributed by atoms with van der Waals surface area (Å²) in [7, 11) is 0. The molecule has 0 saturated heterocycles. The van der Waals surface area contributed by atoms with Crippen molar-refractivity contribution in [3.05, 3.63) is 35.5 Å². The number of ether oxygens (including phenoxy) is 3. The van der Waals surface area contributed by atoms with Gasteiger partial charge in [-0.1, -0.05) is 0 Å². The number of rotatable bonds is 5. The lowest BCUT2D eigenvalue weighted by Gasteiger charge is -2.34. The largest absolute Gasteiger partial charge is 0.486 e. The average molecular weight is 355 g/mol. The Kier molecular flexibility index (Phi) is 5.95. The Morgan fingerprint density at radius 2 is 1.84 bits per heavy atom. The highest BCUT2D eigenvalue weighted by atomic mass is 19.2. The van der Waals surface area contributed by atoms with Gasteiger partial charge >= 0.3 is 11.9 Å². The van der Waals surface area contributed by atoms with Crippen LogP contribution in [0.4, 0.5) is 14.5 Å². The third-order valence-electron chi connectivity index (χ3n) is 3.51. The first-order chi connectivity index (χ1) is 11.9. The molecule has 1 aliphatic heterocycles. The predicted octanol–water partition coefficient (Wildman–Crippen LogP) is 2.56. The summed E-state index contributed by atoms with van der Waals surface area (Å²) >= 11 is 0. The Labute approximate surface area is 144 Å². The molecule has 0 radical (unpaired) electrons. The molecule has 1 aromatic carbocycles. The fourth-order valence-electron chi connectivity index (χ4n) is 2.33. The molecule has 1 heterocycles. The summed E-state index contributed by atoms with van der Waals surface area (Å²) in [6, 6.07) is 1.93. The van der Waals surface area contributed by atoms with Crippen molar-refractivity contribution in [1.29, 1.82) is 0 Å². The molecule has 0 fully saturated rings. The van der Waals surface area contributed by atoms with Crippen molar-refractivity contribution in [2.45, 2.75) is 26.8 Å². The first-order valence-electron chi connectivity index (χ1n) is 7.85. The number of hydrogen-bond acceptors (Lipinski definition) is 6. The number of carbonyl (C=O) groups is 2. The van der Waals surface area contributed by atoms with Crippen LogP contribution in [0.2, 0.25) is 0 Å². The molecule has 6 nitrogen and oxygen atoms in total. The first-order valence-corrected chi connectivity index (χ1v) is 7.85. The Bertz CT molecular complexity index is 685. The predicted molar refractivity (Wildman–Crippen MR) is 85.1 cm³/mol. The number of carbonyl (C=O) groups excluding carboxylic acids is 2. The second kappa shape index (κ2) is 7.96. The average Bonchev–Trinajstić information content (AvgIpc) is 2.57. The van der Waals surface area contributed by atoms with Crippen LogP contribution in [0.15, 0.2) is 23.9 Å². The van der Waals surface area contributed by atoms with Crippen LogP contribution in [-0.4, -0.2) is 37.8 Å². The Morgan fingerprint density at radius 3 is 2.40 bits per heavy atom. The zero-order valence-electron chi connectivity index (χ0n) is 14.2. The Balaban J connectivity index is 2.50. The van der Waals surface area contributed by atoms with Gasteiger partial charge in [0.2, 0.25) is 5.82 Å². The van der Waals surface area contributed by atoms with Gasteiger partial charge in [0.15, 0.2) is 17.1 Å². The molecule has 8 heteroatoms. The molecule has 1 unspecified atom stereocenters. The van der Waals surface area contributed by atoms with E-state index in [1.807, 2.05) is 0 Å². The van der Waals surface area contributed by atoms with Gasteiger partial charge in [0.25, 0.3) is 0 Å². The van der Waals surface area contributed by atoms with Crippen LogP contribution < -0.4 is 9.64 Å². The molecule has 0 N–H and O–H groups in total. The van der Waals surface area contributed by atoms with E-state index in [1.165, 1.54) is 17.2 Å². The number of benzene rings is 1. The van der Waals surface area contributed by atoms with Crippen molar-refractivity contribution in [1.82, 2.24) is 0 Å². The van der Waals surface area contributed by atoms with E-state index >= 15 is 0 Å². The number of anilines is 1. The fraction of sp³-hybridized carbons (Fsp3) is 0.412. The van der Waals surface area contributed by atoms with E-state index in [0.717, 1.165) is 6.07 Å². The van der Waals surface area contributed by atoms with Gasteiger partial charge in [0, 0.05) is 6.20 Å². The third-order valence-corrected chi connectivity index (χ3v) is 3.51. The molecule has 25 heavy (non-hydrogen) atoms. The lowest BCUT2D eigenvalue weighted by molar-refractivity contribution is -0.146. The molecule has 0 amide bonds. The summed E-state index contributed by atoms with van der Waals surface area (Å²) in [4.78, 5) is 25.6. The number of fused-ring (bicyclic) bond motifs is 1. The van der Waals surface area contributed by atoms with Crippen molar-refractivity contribution < 1.29 is 32.6 Å². The van der Waals surface area contributed by atoms with Crippen molar-refractivity contribution in [2.75, 3.05) is 24.7 Å². The van der Waals surface area contributed by atoms with Gasteiger partial charge in [-0.3, -0.25) is 0 Å². The zero-order valence-corrected chi connectivity index (χ0v) is 14.2. The summed E-state index contributed by atoms with van der Waals surface area (Å²) in [6.07, 6.45) is 1.22. The molecule has 2 rings (SSSR count). The number of esters is 2. The van der Waals surface area contributed by atoms with E-state index in [9.17, 15) is 18.4 Å². The van der Waals surface area contributed by atoms with Crippen LogP contribution in [0.3, 0.4) is 0 Å². The quantitative estimate of drug-likeness (QED) is 0.350. The van der Waals surface area contributed by atoms with Crippen LogP contribution >= 0.6 is 0 Å². The minimum absolute atomic E-state index is 0.0444. The van der Waals surface area contributed by atoms with Gasteiger partial charge in [-0.05, 0) is 32.9 Å². The van der Waals surface area contributed by atoms with Crippen LogP contribution in [0, 0.1) is 11.6 Å². The van der Waals surface area contributed by atoms with Crippen molar-refractivity contribution in [3.8, 4) is 5.75 Å². The van der Waals surface area contributed by atoms with Crippen molar-refractivity contribution >= 4 is 17.6 Å². The van der Waals surface area contributed by atoms with Crippen molar-refractivity contribution in [2.24, 2.45) is 0 Å². The maximum absolute atomic E-state index is 13.9. The van der Waals surface area contributed by atoms with E-state index in [-0.39, 0.29) is 42.9 Å². The standard InChI is InChI=1S/C17H19F2NO5/c1-4-23-16(21)11(17(22)24-5-2)8-20-10(3)9-25-15-13(20)7-6-12(18)14(15)19/h6-8,10H,4-5,9H2,1-3H3. The minimum atomic E-state index is -1.13. The minimum Gasteiger partial charge on any atom is -0.486 e. The summed E-state index contributed by atoms with van der Waals surface area (Å²) in [6.45, 7) is 5.14. The van der Waals surface area contributed by atoms with Gasteiger partial charge < -0.3 is 19.1 Å². The number of halogens is 2. The highest BCUT2D eigenvalue weighted by molar-refractivity contribution is 6.14. The highest BCUT2D eigenvalue weighted by Crippen LogP contribution is 2.37.